The zero-order valence-electron chi connectivity index (χ0n) is 24.7. The Morgan fingerprint density at radius 1 is 1.20 bits per heavy atom. The van der Waals surface area contributed by atoms with Gasteiger partial charge in [-0.15, -0.1) is 0 Å². The molecule has 1 aromatic heterocycles. The maximum atomic E-state index is 13.8. The van der Waals surface area contributed by atoms with Crippen LogP contribution in [0.1, 0.15) is 62.7 Å². The van der Waals surface area contributed by atoms with Crippen molar-refractivity contribution in [2.24, 2.45) is 17.8 Å². The van der Waals surface area contributed by atoms with Crippen molar-refractivity contribution >= 4 is 44.6 Å². The van der Waals surface area contributed by atoms with Gasteiger partial charge < -0.3 is 20.0 Å². The minimum Gasteiger partial charge on any atom is -0.434 e. The molecule has 0 unspecified atom stereocenters. The van der Waals surface area contributed by atoms with Crippen molar-refractivity contribution in [3.63, 3.8) is 0 Å². The number of Topliss-reactive ketones (excluding diaryl/α,β-unsaturated/α-hetero) is 1. The topological polar surface area (TPSA) is 168 Å². The number of nitrogens with one attached hydrogen (secondary N) is 3. The van der Waals surface area contributed by atoms with E-state index in [4.69, 9.17) is 4.42 Å². The van der Waals surface area contributed by atoms with E-state index in [1.54, 1.807) is 13.8 Å². The highest BCUT2D eigenvalue weighted by atomic mass is 32.2. The summed E-state index contributed by atoms with van der Waals surface area (Å²) < 4.78 is 72.4. The first-order chi connectivity index (χ1) is 20.5. The number of halogens is 3. The average molecular weight is 644 g/mol. The molecule has 0 spiro atoms. The number of likely N-dealkylation sites (tertiary alicyclic amines) is 1. The Morgan fingerprint density at radius 3 is 2.50 bits per heavy atom. The van der Waals surface area contributed by atoms with Gasteiger partial charge in [-0.3, -0.25) is 19.2 Å². The van der Waals surface area contributed by atoms with Crippen LogP contribution >= 0.6 is 0 Å². The van der Waals surface area contributed by atoms with Gasteiger partial charge in [-0.2, -0.15) is 13.2 Å². The van der Waals surface area contributed by atoms with Gasteiger partial charge in [0.25, 0.3) is 5.89 Å². The van der Waals surface area contributed by atoms with Gasteiger partial charge in [0, 0.05) is 19.0 Å². The van der Waals surface area contributed by atoms with Crippen molar-refractivity contribution in [1.29, 1.82) is 0 Å². The average Bonchev–Trinajstić information content (AvgIpc) is 3.55. The summed E-state index contributed by atoms with van der Waals surface area (Å²) in [5, 5.41) is 5.27. The molecular weight excluding hydrogens is 607 g/mol. The summed E-state index contributed by atoms with van der Waals surface area (Å²) in [6, 6.07) is -0.485. The molecule has 0 aliphatic carbocycles. The lowest BCUT2D eigenvalue weighted by molar-refractivity contribution is -0.145. The number of aromatic nitrogens is 1. The van der Waals surface area contributed by atoms with E-state index >= 15 is 0 Å². The molecule has 0 bridgehead atoms. The molecule has 3 N–H and O–H groups in total. The maximum absolute atomic E-state index is 13.8. The highest BCUT2D eigenvalue weighted by Gasteiger charge is 2.42. The molecule has 5 atom stereocenters. The SMILES string of the molecule is CC(C)[C@H](NS(C)(=O)=O)C(=O)N1CC[C@H](C)C[C@H]1C(=O)N[C@@H](C[C@@H]1CCNC1=O)C(=O)c1nc2c(C(F)(F)F)cccc2o1. The van der Waals surface area contributed by atoms with Crippen LogP contribution in [0, 0.1) is 17.8 Å². The number of carbonyl (C=O) groups is 4. The second kappa shape index (κ2) is 12.8. The standard InChI is InChI=1S/C28H36F3N5O7S/c1-14(2)21(35-44(4,41)42)27(40)36-11-9-15(3)12-19(36)25(39)33-18(13-16-8-10-32-24(16)38)23(37)26-34-22-17(28(29,30)31)6-5-7-20(22)43-26/h5-7,14-16,18-19,21,35H,8-13H2,1-4H3,(H,32,38)(H,33,39)/t15-,16-,18-,19-,21-/m0/s1. The third-order valence-corrected chi connectivity index (χ3v) is 8.66. The monoisotopic (exact) mass is 643 g/mol. The van der Waals surface area contributed by atoms with Crippen LogP contribution in [0.3, 0.4) is 0 Å². The fraction of sp³-hybridized carbons (Fsp3) is 0.607. The van der Waals surface area contributed by atoms with Crippen LogP contribution in [0.25, 0.3) is 11.1 Å². The van der Waals surface area contributed by atoms with Crippen LogP contribution in [0.2, 0.25) is 0 Å². The van der Waals surface area contributed by atoms with Crippen molar-refractivity contribution in [1.82, 2.24) is 25.2 Å². The highest BCUT2D eigenvalue weighted by Crippen LogP contribution is 2.35. The largest absolute Gasteiger partial charge is 0.434 e. The molecule has 242 valence electrons. The second-order valence-corrected chi connectivity index (χ2v) is 13.7. The number of sulfonamides is 1. The summed E-state index contributed by atoms with van der Waals surface area (Å²) in [4.78, 5) is 58.6. The second-order valence-electron chi connectivity index (χ2n) is 11.9. The van der Waals surface area contributed by atoms with Crippen LogP contribution < -0.4 is 15.4 Å². The summed E-state index contributed by atoms with van der Waals surface area (Å²) in [5.41, 5.74) is -1.94. The van der Waals surface area contributed by atoms with Crippen LogP contribution in [0.5, 0.6) is 0 Å². The number of nitrogens with zero attached hydrogens (tertiary/aromatic N) is 2. The summed E-state index contributed by atoms with van der Waals surface area (Å²) in [6.45, 7) is 5.71. The molecule has 0 radical (unpaired) electrons. The first-order valence-electron chi connectivity index (χ1n) is 14.3. The number of para-hydroxylation sites is 1. The molecule has 44 heavy (non-hydrogen) atoms. The lowest BCUT2D eigenvalue weighted by Crippen LogP contribution is -2.60. The molecule has 1 aromatic carbocycles. The van der Waals surface area contributed by atoms with E-state index in [1.807, 2.05) is 6.92 Å². The predicted octanol–water partition coefficient (Wildman–Crippen LogP) is 2.24. The van der Waals surface area contributed by atoms with Gasteiger partial charge >= 0.3 is 6.18 Å². The number of benzene rings is 1. The number of oxazole rings is 1. The highest BCUT2D eigenvalue weighted by molar-refractivity contribution is 7.88. The Hall–Kier alpha value is -3.53. The van der Waals surface area contributed by atoms with Gasteiger partial charge in [-0.1, -0.05) is 26.8 Å². The lowest BCUT2D eigenvalue weighted by atomic mass is 9.89. The quantitative estimate of drug-likeness (QED) is 0.332. The molecule has 2 aliphatic heterocycles. The van der Waals surface area contributed by atoms with E-state index < -0.39 is 80.7 Å². The Balaban J connectivity index is 1.65. The zero-order valence-corrected chi connectivity index (χ0v) is 25.5. The Morgan fingerprint density at radius 2 is 1.91 bits per heavy atom. The first-order valence-corrected chi connectivity index (χ1v) is 16.2. The minimum atomic E-state index is -4.76. The van der Waals surface area contributed by atoms with E-state index in [0.717, 1.165) is 18.4 Å². The van der Waals surface area contributed by atoms with Gasteiger partial charge in [0.15, 0.2) is 5.58 Å². The van der Waals surface area contributed by atoms with Crippen LogP contribution in [-0.4, -0.2) is 79.3 Å². The number of piperidine rings is 1. The smallest absolute Gasteiger partial charge is 0.418 e. The Bertz CT molecular complexity index is 1540. The summed E-state index contributed by atoms with van der Waals surface area (Å²) >= 11 is 0. The molecule has 0 saturated carbocycles. The molecular formula is C28H36F3N5O7S. The number of hydrogen-bond donors (Lipinski definition) is 3. The van der Waals surface area contributed by atoms with Crippen LogP contribution in [-0.2, 0) is 30.6 Å². The number of alkyl halides is 3. The number of ketones is 1. The van der Waals surface area contributed by atoms with Gasteiger partial charge in [0.1, 0.15) is 17.6 Å². The zero-order chi connectivity index (χ0) is 32.6. The summed E-state index contributed by atoms with van der Waals surface area (Å²) in [5.74, 6) is -4.38. The van der Waals surface area contributed by atoms with Crippen molar-refractivity contribution in [3.05, 3.63) is 29.7 Å². The Kier molecular flexibility index (Phi) is 9.73. The fourth-order valence-corrected chi connectivity index (χ4v) is 6.45. The maximum Gasteiger partial charge on any atom is 0.418 e. The number of rotatable bonds is 10. The van der Waals surface area contributed by atoms with Crippen molar-refractivity contribution in [2.45, 2.75) is 70.8 Å². The molecule has 2 aromatic rings. The van der Waals surface area contributed by atoms with Crippen LogP contribution in [0.15, 0.2) is 22.6 Å². The fourth-order valence-electron chi connectivity index (χ4n) is 5.62. The molecule has 3 heterocycles. The van der Waals surface area contributed by atoms with E-state index in [1.165, 1.54) is 11.0 Å². The number of carbonyl (C=O) groups excluding carboxylic acids is 4. The van der Waals surface area contributed by atoms with Crippen molar-refractivity contribution in [3.8, 4) is 0 Å². The Labute approximate surface area is 252 Å². The van der Waals surface area contributed by atoms with Crippen molar-refractivity contribution in [2.75, 3.05) is 19.3 Å². The third-order valence-electron chi connectivity index (χ3n) is 7.98. The van der Waals surface area contributed by atoms with E-state index in [2.05, 4.69) is 20.3 Å². The summed E-state index contributed by atoms with van der Waals surface area (Å²) in [6.07, 6.45) is -2.89. The van der Waals surface area contributed by atoms with E-state index in [-0.39, 0.29) is 36.8 Å². The van der Waals surface area contributed by atoms with Gasteiger partial charge in [0.05, 0.1) is 17.9 Å². The normalized spacial score (nSPS) is 22.6. The first kappa shape index (κ1) is 33.4. The van der Waals surface area contributed by atoms with Crippen molar-refractivity contribution < 1.29 is 45.2 Å². The summed E-state index contributed by atoms with van der Waals surface area (Å²) in [7, 11) is -3.77. The van der Waals surface area contributed by atoms with Gasteiger partial charge in [-0.25, -0.2) is 18.1 Å². The van der Waals surface area contributed by atoms with E-state index in [9.17, 15) is 40.8 Å². The van der Waals surface area contributed by atoms with Gasteiger partial charge in [-0.05, 0) is 49.7 Å². The van der Waals surface area contributed by atoms with E-state index in [0.29, 0.717) is 19.4 Å². The molecule has 16 heteroatoms. The molecule has 2 saturated heterocycles. The number of fused-ring (bicyclic) bond motifs is 1. The molecule has 2 fully saturated rings. The van der Waals surface area contributed by atoms with Gasteiger partial charge in [0.2, 0.25) is 33.5 Å². The molecule has 12 nitrogen and oxygen atoms in total. The molecule has 3 amide bonds. The minimum absolute atomic E-state index is 0.00255. The number of amides is 3. The number of hydrogen-bond acceptors (Lipinski definition) is 8. The predicted molar refractivity (Wildman–Crippen MR) is 152 cm³/mol. The van der Waals surface area contributed by atoms with Crippen LogP contribution in [0.4, 0.5) is 13.2 Å². The molecule has 4 rings (SSSR count). The molecule has 2 aliphatic rings. The lowest BCUT2D eigenvalue weighted by Gasteiger charge is -2.40. The third kappa shape index (κ3) is 7.57.